The molecule has 2 heterocycles. The highest BCUT2D eigenvalue weighted by molar-refractivity contribution is 9.10. The van der Waals surface area contributed by atoms with E-state index in [-0.39, 0.29) is 5.56 Å². The number of aromatic nitrogens is 4. The molecule has 1 aromatic carbocycles. The van der Waals surface area contributed by atoms with Crippen molar-refractivity contribution in [1.82, 2.24) is 19.8 Å². The fraction of sp³-hybridized carbons (Fsp3) is 0. The Morgan fingerprint density at radius 1 is 1.24 bits per heavy atom. The zero-order valence-corrected chi connectivity index (χ0v) is 10.2. The van der Waals surface area contributed by atoms with Crippen LogP contribution in [-0.4, -0.2) is 19.8 Å². The van der Waals surface area contributed by atoms with Crippen LogP contribution in [0.4, 0.5) is 0 Å². The Balaban J connectivity index is 2.21. The molecule has 0 unspecified atom stereocenters. The molecule has 5 nitrogen and oxygen atoms in total. The van der Waals surface area contributed by atoms with E-state index in [9.17, 15) is 4.79 Å². The van der Waals surface area contributed by atoms with Crippen LogP contribution in [0, 0.1) is 0 Å². The Hall–Kier alpha value is -1.95. The second-order valence-electron chi connectivity index (χ2n) is 3.55. The van der Waals surface area contributed by atoms with Crippen molar-refractivity contribution < 1.29 is 0 Å². The first-order valence-electron chi connectivity index (χ1n) is 4.93. The van der Waals surface area contributed by atoms with Crippen molar-refractivity contribution in [3.63, 3.8) is 0 Å². The van der Waals surface area contributed by atoms with Gasteiger partial charge in [-0.2, -0.15) is 10.2 Å². The van der Waals surface area contributed by atoms with Crippen molar-refractivity contribution in [3.8, 4) is 11.3 Å². The Morgan fingerprint density at radius 3 is 2.71 bits per heavy atom. The topological polar surface area (TPSA) is 63.0 Å². The maximum Gasteiger partial charge on any atom is 0.290 e. The van der Waals surface area contributed by atoms with Gasteiger partial charge in [0, 0.05) is 10.0 Å². The van der Waals surface area contributed by atoms with Gasteiger partial charge in [0.1, 0.15) is 11.8 Å². The van der Waals surface area contributed by atoms with Gasteiger partial charge in [-0.1, -0.05) is 28.1 Å². The second kappa shape index (κ2) is 3.81. The Morgan fingerprint density at radius 2 is 2.00 bits per heavy atom. The summed E-state index contributed by atoms with van der Waals surface area (Å²) in [5, 5.41) is 10.4. The standard InChI is InChI=1S/C11H7BrN4O/c12-8-3-1-7(2-4-8)9-5-10-11(17)14-13-6-16(10)15-9/h1-6H,(H,14,17). The first-order valence-corrected chi connectivity index (χ1v) is 5.72. The van der Waals surface area contributed by atoms with Gasteiger partial charge in [-0.3, -0.25) is 4.79 Å². The molecule has 17 heavy (non-hydrogen) atoms. The van der Waals surface area contributed by atoms with E-state index in [0.717, 1.165) is 15.7 Å². The van der Waals surface area contributed by atoms with Crippen molar-refractivity contribution in [3.05, 3.63) is 51.5 Å². The normalized spacial score (nSPS) is 10.9. The highest BCUT2D eigenvalue weighted by atomic mass is 79.9. The van der Waals surface area contributed by atoms with Crippen LogP contribution in [0.2, 0.25) is 0 Å². The summed E-state index contributed by atoms with van der Waals surface area (Å²) < 4.78 is 2.47. The quantitative estimate of drug-likeness (QED) is 0.744. The van der Waals surface area contributed by atoms with Crippen LogP contribution in [0.15, 0.2) is 45.9 Å². The third kappa shape index (κ3) is 1.76. The molecule has 3 rings (SSSR count). The predicted octanol–water partition coefficient (Wildman–Crippen LogP) is 1.85. The average Bonchev–Trinajstić information content (AvgIpc) is 2.75. The molecule has 6 heteroatoms. The number of hydrogen-bond donors (Lipinski definition) is 1. The summed E-state index contributed by atoms with van der Waals surface area (Å²) in [6, 6.07) is 9.48. The molecule has 0 radical (unpaired) electrons. The van der Waals surface area contributed by atoms with E-state index in [0.29, 0.717) is 5.52 Å². The van der Waals surface area contributed by atoms with E-state index in [1.54, 1.807) is 6.07 Å². The number of nitrogens with zero attached hydrogens (tertiary/aromatic N) is 3. The number of H-pyrrole nitrogens is 1. The molecule has 0 aliphatic rings. The Kier molecular flexibility index (Phi) is 2.29. The van der Waals surface area contributed by atoms with E-state index in [1.807, 2.05) is 24.3 Å². The number of fused-ring (bicyclic) bond motifs is 1. The van der Waals surface area contributed by atoms with E-state index in [1.165, 1.54) is 10.8 Å². The van der Waals surface area contributed by atoms with Gasteiger partial charge in [-0.15, -0.1) is 0 Å². The monoisotopic (exact) mass is 290 g/mol. The zero-order chi connectivity index (χ0) is 11.8. The van der Waals surface area contributed by atoms with Crippen molar-refractivity contribution in [2.75, 3.05) is 0 Å². The molecule has 84 valence electrons. The zero-order valence-electron chi connectivity index (χ0n) is 8.59. The van der Waals surface area contributed by atoms with Gasteiger partial charge in [0.15, 0.2) is 0 Å². The van der Waals surface area contributed by atoms with Crippen molar-refractivity contribution in [2.45, 2.75) is 0 Å². The molecule has 0 amide bonds. The number of halogens is 1. The summed E-state index contributed by atoms with van der Waals surface area (Å²) in [4.78, 5) is 11.5. The van der Waals surface area contributed by atoms with Gasteiger partial charge in [0.05, 0.1) is 5.69 Å². The van der Waals surface area contributed by atoms with Crippen LogP contribution >= 0.6 is 15.9 Å². The van der Waals surface area contributed by atoms with Crippen LogP contribution in [0.5, 0.6) is 0 Å². The highest BCUT2D eigenvalue weighted by Crippen LogP contribution is 2.20. The fourth-order valence-electron chi connectivity index (χ4n) is 1.61. The van der Waals surface area contributed by atoms with Crippen LogP contribution < -0.4 is 5.56 Å². The van der Waals surface area contributed by atoms with Crippen LogP contribution in [0.3, 0.4) is 0 Å². The van der Waals surface area contributed by atoms with Gasteiger partial charge in [-0.05, 0) is 18.2 Å². The molecular formula is C11H7BrN4O. The Bertz CT molecular complexity index is 729. The van der Waals surface area contributed by atoms with E-state index in [4.69, 9.17) is 0 Å². The minimum absolute atomic E-state index is 0.247. The molecule has 0 atom stereocenters. The molecule has 0 aliphatic heterocycles. The molecule has 1 N–H and O–H groups in total. The maximum absolute atomic E-state index is 11.5. The number of aromatic amines is 1. The molecule has 0 fully saturated rings. The third-order valence-corrected chi connectivity index (χ3v) is 2.97. The summed E-state index contributed by atoms with van der Waals surface area (Å²) >= 11 is 3.37. The lowest BCUT2D eigenvalue weighted by Crippen LogP contribution is -2.10. The van der Waals surface area contributed by atoms with Gasteiger partial charge >= 0.3 is 0 Å². The SMILES string of the molecule is O=c1[nH]ncn2nc(-c3ccc(Br)cc3)cc12. The first-order chi connectivity index (χ1) is 8.24. The molecule has 0 saturated heterocycles. The van der Waals surface area contributed by atoms with Crippen molar-refractivity contribution >= 4 is 21.4 Å². The summed E-state index contributed by atoms with van der Waals surface area (Å²) in [5.74, 6) is 0. The lowest BCUT2D eigenvalue weighted by molar-refractivity contribution is 0.848. The minimum atomic E-state index is -0.247. The lowest BCUT2D eigenvalue weighted by atomic mass is 10.1. The molecule has 0 bridgehead atoms. The number of hydrogen-bond acceptors (Lipinski definition) is 3. The van der Waals surface area contributed by atoms with Gasteiger partial charge in [0.2, 0.25) is 0 Å². The van der Waals surface area contributed by atoms with Gasteiger partial charge in [0.25, 0.3) is 5.56 Å². The molecule has 2 aromatic heterocycles. The average molecular weight is 291 g/mol. The summed E-state index contributed by atoms with van der Waals surface area (Å²) in [6.45, 7) is 0. The van der Waals surface area contributed by atoms with E-state index in [2.05, 4.69) is 31.2 Å². The summed E-state index contributed by atoms with van der Waals surface area (Å²) in [6.07, 6.45) is 1.47. The minimum Gasteiger partial charge on any atom is -0.266 e. The van der Waals surface area contributed by atoms with Gasteiger partial charge in [-0.25, -0.2) is 9.61 Å². The second-order valence-corrected chi connectivity index (χ2v) is 4.47. The number of rotatable bonds is 1. The number of nitrogens with one attached hydrogen (secondary N) is 1. The number of benzene rings is 1. The highest BCUT2D eigenvalue weighted by Gasteiger charge is 2.06. The van der Waals surface area contributed by atoms with Crippen molar-refractivity contribution in [2.24, 2.45) is 0 Å². The third-order valence-electron chi connectivity index (χ3n) is 2.44. The first kappa shape index (κ1) is 10.2. The van der Waals surface area contributed by atoms with Crippen LogP contribution in [0.25, 0.3) is 16.8 Å². The molecule has 0 saturated carbocycles. The van der Waals surface area contributed by atoms with Crippen molar-refractivity contribution in [1.29, 1.82) is 0 Å². The van der Waals surface area contributed by atoms with Gasteiger partial charge < -0.3 is 0 Å². The maximum atomic E-state index is 11.5. The van der Waals surface area contributed by atoms with Crippen LogP contribution in [-0.2, 0) is 0 Å². The van der Waals surface area contributed by atoms with Crippen LogP contribution in [0.1, 0.15) is 0 Å². The Labute approximate surface area is 104 Å². The smallest absolute Gasteiger partial charge is 0.266 e. The lowest BCUT2D eigenvalue weighted by Gasteiger charge is -1.95. The fourth-order valence-corrected chi connectivity index (χ4v) is 1.88. The molecule has 3 aromatic rings. The predicted molar refractivity (Wildman–Crippen MR) is 66.7 cm³/mol. The summed E-state index contributed by atoms with van der Waals surface area (Å²) in [5.41, 5.74) is 1.94. The largest absolute Gasteiger partial charge is 0.290 e. The van der Waals surface area contributed by atoms with E-state index >= 15 is 0 Å². The summed E-state index contributed by atoms with van der Waals surface area (Å²) in [7, 11) is 0. The molecular weight excluding hydrogens is 284 g/mol. The van der Waals surface area contributed by atoms with E-state index < -0.39 is 0 Å². The molecule has 0 spiro atoms. The molecule has 0 aliphatic carbocycles.